The number of halogens is 3. The number of aromatic nitrogens is 2. The molecule has 0 bridgehead atoms. The molecule has 4 rings (SSSR count). The normalized spacial score (nSPS) is 15.5. The van der Waals surface area contributed by atoms with E-state index in [1.54, 1.807) is 17.7 Å². The SMILES string of the molecule is Cc1cc2c(N3CCN(CC(=O)Nc4ccccc4C(F)(F)F)CC3)ncnc2s1. The Bertz CT molecular complexity index is 1060. The van der Waals surface area contributed by atoms with E-state index in [4.69, 9.17) is 0 Å². The van der Waals surface area contributed by atoms with Crippen molar-refractivity contribution in [2.75, 3.05) is 42.9 Å². The molecule has 0 saturated carbocycles. The van der Waals surface area contributed by atoms with Gasteiger partial charge in [-0.2, -0.15) is 13.2 Å². The smallest absolute Gasteiger partial charge is 0.353 e. The number of rotatable bonds is 4. The van der Waals surface area contributed by atoms with Gasteiger partial charge in [-0.25, -0.2) is 9.97 Å². The summed E-state index contributed by atoms with van der Waals surface area (Å²) in [5.74, 6) is 0.422. The molecule has 3 heterocycles. The third-order valence-corrected chi connectivity index (χ3v) is 5.94. The highest BCUT2D eigenvalue weighted by atomic mass is 32.1. The van der Waals surface area contributed by atoms with Gasteiger partial charge in [0.15, 0.2) is 0 Å². The first-order chi connectivity index (χ1) is 14.3. The Morgan fingerprint density at radius 3 is 2.63 bits per heavy atom. The number of nitrogens with zero attached hydrogens (tertiary/aromatic N) is 4. The molecule has 1 aliphatic heterocycles. The fourth-order valence-corrected chi connectivity index (χ4v) is 4.41. The number of nitrogens with one attached hydrogen (secondary N) is 1. The Hall–Kier alpha value is -2.72. The molecule has 0 radical (unpaired) electrons. The van der Waals surface area contributed by atoms with E-state index in [0.29, 0.717) is 26.2 Å². The van der Waals surface area contributed by atoms with Crippen LogP contribution in [-0.4, -0.2) is 53.5 Å². The van der Waals surface area contributed by atoms with E-state index >= 15 is 0 Å². The second-order valence-electron chi connectivity index (χ2n) is 7.13. The lowest BCUT2D eigenvalue weighted by molar-refractivity contribution is -0.137. The van der Waals surface area contributed by atoms with E-state index in [2.05, 4.69) is 26.3 Å². The summed E-state index contributed by atoms with van der Waals surface area (Å²) in [6, 6.07) is 7.08. The Balaban J connectivity index is 1.37. The number of carbonyl (C=O) groups is 1. The molecule has 10 heteroatoms. The molecule has 0 atom stereocenters. The minimum atomic E-state index is -4.52. The Morgan fingerprint density at radius 2 is 1.90 bits per heavy atom. The average Bonchev–Trinajstić information content (AvgIpc) is 3.08. The van der Waals surface area contributed by atoms with E-state index < -0.39 is 17.6 Å². The summed E-state index contributed by atoms with van der Waals surface area (Å²) >= 11 is 1.62. The van der Waals surface area contributed by atoms with E-state index in [1.807, 2.05) is 11.8 Å². The standard InChI is InChI=1S/C20H20F3N5OS/c1-13-10-14-18(24-12-25-19(14)30-13)28-8-6-27(7-9-28)11-17(29)26-16-5-3-2-4-15(16)20(21,22)23/h2-5,10,12H,6-9,11H2,1H3,(H,26,29). The molecular formula is C20H20F3N5OS. The van der Waals surface area contributed by atoms with Crippen molar-refractivity contribution < 1.29 is 18.0 Å². The summed E-state index contributed by atoms with van der Waals surface area (Å²) in [6.45, 7) is 4.65. The molecule has 1 fully saturated rings. The van der Waals surface area contributed by atoms with E-state index in [0.717, 1.165) is 22.1 Å². The molecule has 0 aliphatic carbocycles. The van der Waals surface area contributed by atoms with Crippen molar-refractivity contribution in [3.05, 3.63) is 47.1 Å². The van der Waals surface area contributed by atoms with Crippen LogP contribution in [0.1, 0.15) is 10.4 Å². The quantitative estimate of drug-likeness (QED) is 0.676. The fourth-order valence-electron chi connectivity index (χ4n) is 3.57. The van der Waals surface area contributed by atoms with Crippen LogP contribution in [0.15, 0.2) is 36.7 Å². The molecule has 1 amide bonds. The van der Waals surface area contributed by atoms with E-state index in [1.165, 1.54) is 23.1 Å². The van der Waals surface area contributed by atoms with Gasteiger partial charge in [0.25, 0.3) is 0 Å². The number of thiophene rings is 1. The van der Waals surface area contributed by atoms with Crippen molar-refractivity contribution in [2.45, 2.75) is 13.1 Å². The largest absolute Gasteiger partial charge is 0.418 e. The van der Waals surface area contributed by atoms with Crippen molar-refractivity contribution in [3.8, 4) is 0 Å². The number of hydrogen-bond acceptors (Lipinski definition) is 6. The van der Waals surface area contributed by atoms with Crippen LogP contribution in [0.5, 0.6) is 0 Å². The van der Waals surface area contributed by atoms with Crippen LogP contribution in [0, 0.1) is 6.92 Å². The highest BCUT2D eigenvalue weighted by molar-refractivity contribution is 7.18. The molecule has 30 heavy (non-hydrogen) atoms. The molecule has 1 aliphatic rings. The van der Waals surface area contributed by atoms with Gasteiger partial charge in [0, 0.05) is 31.1 Å². The van der Waals surface area contributed by atoms with Crippen LogP contribution in [0.2, 0.25) is 0 Å². The molecule has 0 unspecified atom stereocenters. The maximum atomic E-state index is 13.1. The van der Waals surface area contributed by atoms with Gasteiger partial charge in [0.1, 0.15) is 17.0 Å². The second-order valence-corrected chi connectivity index (χ2v) is 8.36. The maximum Gasteiger partial charge on any atom is 0.418 e. The Morgan fingerprint density at radius 1 is 1.17 bits per heavy atom. The summed E-state index contributed by atoms with van der Waals surface area (Å²) in [5, 5.41) is 3.42. The third-order valence-electron chi connectivity index (χ3n) is 4.98. The van der Waals surface area contributed by atoms with Gasteiger partial charge in [-0.1, -0.05) is 12.1 Å². The number of alkyl halides is 3. The molecule has 0 spiro atoms. The molecule has 3 aromatic rings. The lowest BCUT2D eigenvalue weighted by Crippen LogP contribution is -2.49. The predicted octanol–water partition coefficient (Wildman–Crippen LogP) is 3.78. The first-order valence-electron chi connectivity index (χ1n) is 9.46. The topological polar surface area (TPSA) is 61.4 Å². The highest BCUT2D eigenvalue weighted by Gasteiger charge is 2.33. The number of amides is 1. The maximum absolute atomic E-state index is 13.1. The van der Waals surface area contributed by atoms with Gasteiger partial charge >= 0.3 is 6.18 Å². The summed E-state index contributed by atoms with van der Waals surface area (Å²) in [7, 11) is 0. The van der Waals surface area contributed by atoms with Crippen LogP contribution in [0.3, 0.4) is 0 Å². The van der Waals surface area contributed by atoms with Gasteiger partial charge in [-0.05, 0) is 25.1 Å². The number of piperazine rings is 1. The van der Waals surface area contributed by atoms with Crippen LogP contribution >= 0.6 is 11.3 Å². The Kier molecular flexibility index (Phi) is 5.61. The van der Waals surface area contributed by atoms with Crippen molar-refractivity contribution in [2.24, 2.45) is 0 Å². The highest BCUT2D eigenvalue weighted by Crippen LogP contribution is 2.34. The number of para-hydroxylation sites is 1. The number of carbonyl (C=O) groups excluding carboxylic acids is 1. The third kappa shape index (κ3) is 4.39. The predicted molar refractivity (Wildman–Crippen MR) is 111 cm³/mol. The summed E-state index contributed by atoms with van der Waals surface area (Å²) in [4.78, 5) is 27.3. The van der Waals surface area contributed by atoms with Crippen molar-refractivity contribution >= 4 is 39.0 Å². The lowest BCUT2D eigenvalue weighted by atomic mass is 10.1. The summed E-state index contributed by atoms with van der Waals surface area (Å²) in [6.07, 6.45) is -2.95. The number of fused-ring (bicyclic) bond motifs is 1. The zero-order valence-electron chi connectivity index (χ0n) is 16.2. The van der Waals surface area contributed by atoms with Crippen molar-refractivity contribution in [3.63, 3.8) is 0 Å². The molecule has 6 nitrogen and oxygen atoms in total. The number of aryl methyl sites for hydroxylation is 1. The Labute approximate surface area is 175 Å². The number of anilines is 2. The summed E-state index contributed by atoms with van der Waals surface area (Å²) < 4.78 is 39.3. The van der Waals surface area contributed by atoms with Crippen molar-refractivity contribution in [1.82, 2.24) is 14.9 Å². The van der Waals surface area contributed by atoms with E-state index in [-0.39, 0.29) is 12.2 Å². The molecule has 1 aromatic carbocycles. The van der Waals surface area contributed by atoms with E-state index in [9.17, 15) is 18.0 Å². The molecule has 158 valence electrons. The average molecular weight is 435 g/mol. The van der Waals surface area contributed by atoms with Crippen LogP contribution in [0.4, 0.5) is 24.7 Å². The van der Waals surface area contributed by atoms with Crippen LogP contribution in [-0.2, 0) is 11.0 Å². The van der Waals surface area contributed by atoms with Crippen LogP contribution in [0.25, 0.3) is 10.2 Å². The summed E-state index contributed by atoms with van der Waals surface area (Å²) in [5.41, 5.74) is -1.06. The van der Waals surface area contributed by atoms with Gasteiger partial charge in [-0.15, -0.1) is 11.3 Å². The minimum Gasteiger partial charge on any atom is -0.353 e. The first kappa shape index (κ1) is 20.5. The van der Waals surface area contributed by atoms with Crippen LogP contribution < -0.4 is 10.2 Å². The molecular weight excluding hydrogens is 415 g/mol. The molecule has 1 saturated heterocycles. The second kappa shape index (κ2) is 8.19. The first-order valence-corrected chi connectivity index (χ1v) is 10.3. The van der Waals surface area contributed by atoms with Gasteiger partial charge in [-0.3, -0.25) is 9.69 Å². The zero-order valence-corrected chi connectivity index (χ0v) is 17.1. The monoisotopic (exact) mass is 435 g/mol. The minimum absolute atomic E-state index is 0.0385. The molecule has 2 aromatic heterocycles. The lowest BCUT2D eigenvalue weighted by Gasteiger charge is -2.35. The van der Waals surface area contributed by atoms with Gasteiger partial charge < -0.3 is 10.2 Å². The van der Waals surface area contributed by atoms with Gasteiger partial charge in [0.2, 0.25) is 5.91 Å². The number of benzene rings is 1. The number of hydrogen-bond donors (Lipinski definition) is 1. The van der Waals surface area contributed by atoms with Crippen molar-refractivity contribution in [1.29, 1.82) is 0 Å². The zero-order chi connectivity index (χ0) is 21.3. The molecule has 1 N–H and O–H groups in total. The van der Waals surface area contributed by atoms with Gasteiger partial charge in [0.05, 0.1) is 23.2 Å². The fraction of sp³-hybridized carbons (Fsp3) is 0.350.